The number of aldehydes is 2. The number of aliphatic hydroxyl groups excluding tert-OH is 1. The van der Waals surface area contributed by atoms with Crippen molar-refractivity contribution in [2.75, 3.05) is 57.2 Å². The molecule has 5 unspecified atom stereocenters. The average molecular weight is 1040 g/mol. The minimum absolute atomic E-state index is 0.00931. The molecule has 0 radical (unpaired) electrons. The number of carbonyl (C=O) groups is 2. The number of β-amino-alcohol motifs (C(OH)–C–C–N with tert-alkyl or cyclic N) is 1. The van der Waals surface area contributed by atoms with Gasteiger partial charge in [-0.3, -0.25) is 19.5 Å². The second-order valence-electron chi connectivity index (χ2n) is 21.5. The highest BCUT2D eigenvalue weighted by molar-refractivity contribution is 7.18. The van der Waals surface area contributed by atoms with E-state index in [0.717, 1.165) is 142 Å². The molecule has 4 aromatic heterocycles. The third-order valence-electron chi connectivity index (χ3n) is 16.0. The van der Waals surface area contributed by atoms with Gasteiger partial charge in [-0.05, 0) is 104 Å². The number of nitrogens with one attached hydrogen (secondary N) is 3. The molecule has 4 saturated heterocycles. The molecular weight excluding hydrogens is 979 g/mol. The van der Waals surface area contributed by atoms with Crippen LogP contribution in [0.3, 0.4) is 0 Å². The lowest BCUT2D eigenvalue weighted by Crippen LogP contribution is -2.44. The van der Waals surface area contributed by atoms with Crippen LogP contribution < -0.4 is 25.0 Å². The van der Waals surface area contributed by atoms with Gasteiger partial charge in [0.2, 0.25) is 0 Å². The lowest BCUT2D eigenvalue weighted by atomic mass is 9.89. The number of likely N-dealkylation sites (tertiary alicyclic amines) is 1. The van der Waals surface area contributed by atoms with Gasteiger partial charge in [0.1, 0.15) is 47.1 Å². The van der Waals surface area contributed by atoms with Crippen LogP contribution in [0.25, 0.3) is 54.3 Å². The van der Waals surface area contributed by atoms with Gasteiger partial charge in [0, 0.05) is 91.0 Å². The number of hydrogen-bond donors (Lipinski definition) is 4. The molecule has 2 bridgehead atoms. The molecular formula is C58H65N11O6S. The number of aryl methyl sites for hydroxylation is 1. The first kappa shape index (κ1) is 50.0. The number of ether oxygens (including phenoxy) is 3. The van der Waals surface area contributed by atoms with Gasteiger partial charge in [0.05, 0.1) is 47.3 Å². The number of aromatic amines is 1. The van der Waals surface area contributed by atoms with E-state index in [1.165, 1.54) is 10.3 Å². The van der Waals surface area contributed by atoms with Gasteiger partial charge in [-0.25, -0.2) is 4.98 Å². The second-order valence-corrected chi connectivity index (χ2v) is 22.6. The minimum atomic E-state index is -0.487. The Morgan fingerprint density at radius 3 is 2.51 bits per heavy atom. The molecule has 1 aliphatic carbocycles. The van der Waals surface area contributed by atoms with Crippen LogP contribution in [0.15, 0.2) is 73.1 Å². The Bertz CT molecular complexity index is 3420. The molecule has 13 rings (SSSR count). The molecule has 4 N–H and O–H groups in total. The number of nitrogens with zero attached hydrogens (tertiary/aromatic N) is 8. The molecule has 18 heteroatoms. The number of para-hydroxylation sites is 1. The molecule has 8 aromatic rings. The number of piperazine rings is 1. The monoisotopic (exact) mass is 1040 g/mol. The van der Waals surface area contributed by atoms with Gasteiger partial charge >= 0.3 is 6.01 Å². The molecule has 8 heterocycles. The quantitative estimate of drug-likeness (QED) is 0.0709. The standard InChI is InChI=1S/C46H51N9O5.C12H14N2OS/c1-25(2)40(23-57)55-21-36(39(22-56)53-55)32-9-6-27(15-38(32)47-4)24-59-44-42(41-26(3)5-10-37-35(41)19-49-52-37)33(28-7-8-28)17-34-43(44)50-46(60-31-11-13-58-14-12-31)51-45(34)54-20-29-16-30(54)18-48-29;1-14-7-8(15)6-10(14)12-13-9-4-2-3-5-11(9)16-12/h5-6,9-10,15,17,19,21-23,25,28-31,40,47-48H,7-8,11-14,16,18,20,24H2,1-4H3,(H,49,52);2-5,8,10,15H,6-7H2,1H3. The number of anilines is 2. The van der Waals surface area contributed by atoms with E-state index >= 15 is 0 Å². The fraction of sp³-hybridized carbons (Fsp3) is 0.431. The molecule has 0 amide bonds. The molecule has 5 atom stereocenters. The minimum Gasteiger partial charge on any atom is -0.486 e. The van der Waals surface area contributed by atoms with Crippen molar-refractivity contribution >= 4 is 67.4 Å². The van der Waals surface area contributed by atoms with E-state index in [1.54, 1.807) is 22.2 Å². The Balaban J connectivity index is 0.000000309. The Hall–Kier alpha value is -6.83. The molecule has 5 fully saturated rings. The number of aromatic nitrogens is 7. The van der Waals surface area contributed by atoms with E-state index in [4.69, 9.17) is 24.2 Å². The summed E-state index contributed by atoms with van der Waals surface area (Å²) in [7, 11) is 3.90. The number of thiazole rings is 1. The van der Waals surface area contributed by atoms with Gasteiger partial charge in [-0.15, -0.1) is 11.3 Å². The Labute approximate surface area is 445 Å². The molecule has 1 saturated carbocycles. The summed E-state index contributed by atoms with van der Waals surface area (Å²) in [6.45, 7) is 10.1. The summed E-state index contributed by atoms with van der Waals surface area (Å²) in [5.41, 5.74) is 10.7. The lowest BCUT2D eigenvalue weighted by Gasteiger charge is -2.31. The van der Waals surface area contributed by atoms with E-state index in [9.17, 15) is 14.7 Å². The van der Waals surface area contributed by atoms with Crippen molar-refractivity contribution in [1.29, 1.82) is 0 Å². The Morgan fingerprint density at radius 1 is 0.961 bits per heavy atom. The van der Waals surface area contributed by atoms with Crippen molar-refractivity contribution in [2.24, 2.45) is 5.92 Å². The first-order valence-corrected chi connectivity index (χ1v) is 27.6. The molecule has 17 nitrogen and oxygen atoms in total. The van der Waals surface area contributed by atoms with Crippen LogP contribution >= 0.6 is 11.3 Å². The van der Waals surface area contributed by atoms with E-state index < -0.39 is 6.04 Å². The Morgan fingerprint density at radius 2 is 1.80 bits per heavy atom. The predicted molar refractivity (Wildman–Crippen MR) is 296 cm³/mol. The number of fused-ring (bicyclic) bond motifs is 5. The van der Waals surface area contributed by atoms with Crippen LogP contribution in [0.5, 0.6) is 11.8 Å². The largest absolute Gasteiger partial charge is 0.486 e. The highest BCUT2D eigenvalue weighted by Gasteiger charge is 2.41. The zero-order valence-electron chi connectivity index (χ0n) is 43.7. The maximum atomic E-state index is 12.3. The first-order chi connectivity index (χ1) is 37.0. The summed E-state index contributed by atoms with van der Waals surface area (Å²) in [6, 6.07) is 21.7. The van der Waals surface area contributed by atoms with Crippen molar-refractivity contribution in [1.82, 2.24) is 45.1 Å². The van der Waals surface area contributed by atoms with Crippen LogP contribution in [0.1, 0.15) is 103 Å². The SMILES string of the molecule is CN1CC(O)CC1c1nc2ccccc2s1.CNc1cc(COc2c(-c3c(C)ccc4[nH]ncc34)c(C3CC3)cc3c(N4CC5CC4CN5)nc(OC4CCOCC4)nc23)ccc1-c1cn(C(C=O)C(C)C)nc1C=O. The molecule has 5 aliphatic rings. The molecule has 394 valence electrons. The highest BCUT2D eigenvalue weighted by atomic mass is 32.1. The highest BCUT2D eigenvalue weighted by Crippen LogP contribution is 2.53. The van der Waals surface area contributed by atoms with Gasteiger partial charge < -0.3 is 39.6 Å². The second kappa shape index (κ2) is 20.9. The fourth-order valence-corrected chi connectivity index (χ4v) is 12.9. The van der Waals surface area contributed by atoms with Gasteiger partial charge in [0.15, 0.2) is 12.0 Å². The van der Waals surface area contributed by atoms with Crippen molar-refractivity contribution in [3.63, 3.8) is 0 Å². The maximum absolute atomic E-state index is 12.3. The number of aliphatic hydroxyl groups is 1. The summed E-state index contributed by atoms with van der Waals surface area (Å²) in [4.78, 5) is 44.1. The van der Waals surface area contributed by atoms with Crippen molar-refractivity contribution in [3.05, 3.63) is 100 Å². The van der Waals surface area contributed by atoms with Crippen LogP contribution in [-0.2, 0) is 16.1 Å². The summed E-state index contributed by atoms with van der Waals surface area (Å²) in [6.07, 6.45) is 10.7. The molecule has 0 spiro atoms. The van der Waals surface area contributed by atoms with Crippen molar-refractivity contribution in [2.45, 2.75) is 108 Å². The molecule has 4 aromatic carbocycles. The summed E-state index contributed by atoms with van der Waals surface area (Å²) in [5, 5.41) is 31.9. The number of benzene rings is 4. The van der Waals surface area contributed by atoms with Crippen LogP contribution in [0.2, 0.25) is 0 Å². The number of carbonyl (C=O) groups excluding carboxylic acids is 2. The number of likely N-dealkylation sites (N-methyl/N-ethyl adjacent to an activating group) is 1. The topological polar surface area (TPSA) is 198 Å². The van der Waals surface area contributed by atoms with Crippen LogP contribution in [-0.4, -0.2) is 129 Å². The summed E-state index contributed by atoms with van der Waals surface area (Å²) in [5.74, 6) is 1.97. The van der Waals surface area contributed by atoms with Crippen LogP contribution in [0.4, 0.5) is 11.5 Å². The van der Waals surface area contributed by atoms with E-state index in [-0.39, 0.29) is 36.5 Å². The average Bonchev–Trinajstić information content (AvgIpc) is 4.12. The number of hydrogen-bond acceptors (Lipinski definition) is 16. The van der Waals surface area contributed by atoms with Gasteiger partial charge in [0.25, 0.3) is 0 Å². The third-order valence-corrected chi connectivity index (χ3v) is 17.1. The number of rotatable bonds is 15. The zero-order chi connectivity index (χ0) is 52.2. The fourth-order valence-electron chi connectivity index (χ4n) is 11.8. The predicted octanol–water partition coefficient (Wildman–Crippen LogP) is 9.19. The summed E-state index contributed by atoms with van der Waals surface area (Å²) >= 11 is 1.74. The number of H-pyrrole nitrogens is 1. The lowest BCUT2D eigenvalue weighted by molar-refractivity contribution is -0.111. The van der Waals surface area contributed by atoms with Gasteiger partial charge in [-0.2, -0.15) is 20.2 Å². The van der Waals surface area contributed by atoms with Crippen molar-refractivity contribution < 1.29 is 28.9 Å². The Kier molecular flexibility index (Phi) is 13.8. The third kappa shape index (κ3) is 9.58. The maximum Gasteiger partial charge on any atom is 0.319 e. The van der Waals surface area contributed by atoms with E-state index in [0.29, 0.717) is 48.5 Å². The van der Waals surface area contributed by atoms with Crippen LogP contribution in [0, 0.1) is 12.8 Å². The smallest absolute Gasteiger partial charge is 0.319 e. The summed E-state index contributed by atoms with van der Waals surface area (Å²) < 4.78 is 22.3. The normalized spacial score (nSPS) is 21.2. The molecule has 76 heavy (non-hydrogen) atoms. The van der Waals surface area contributed by atoms with E-state index in [2.05, 4.69) is 71.9 Å². The van der Waals surface area contributed by atoms with E-state index in [1.807, 2.05) is 70.5 Å². The first-order valence-electron chi connectivity index (χ1n) is 26.8. The molecule has 4 aliphatic heterocycles. The zero-order valence-corrected chi connectivity index (χ0v) is 44.5. The van der Waals surface area contributed by atoms with Gasteiger partial charge in [-0.1, -0.05) is 44.2 Å². The van der Waals surface area contributed by atoms with Crippen molar-refractivity contribution in [3.8, 4) is 34.0 Å².